The SMILES string of the molecule is COCc1nc(CC2CCC(N(C)c3ccc(C(C)(C)C)cc3)CC2)nc(C)c1O. The number of aromatic hydroxyl groups is 1. The Bertz CT molecular complexity index is 835. The molecule has 1 aliphatic carbocycles. The minimum absolute atomic E-state index is 0.156. The molecule has 2 aromatic rings. The zero-order chi connectivity index (χ0) is 21.9. The van der Waals surface area contributed by atoms with Crippen LogP contribution >= 0.6 is 0 Å². The van der Waals surface area contributed by atoms with E-state index < -0.39 is 0 Å². The van der Waals surface area contributed by atoms with Crippen LogP contribution in [0.2, 0.25) is 0 Å². The molecule has 0 unspecified atom stereocenters. The molecule has 5 nitrogen and oxygen atoms in total. The maximum Gasteiger partial charge on any atom is 0.160 e. The highest BCUT2D eigenvalue weighted by atomic mass is 16.5. The second-order valence-electron chi connectivity index (χ2n) is 9.74. The van der Waals surface area contributed by atoms with Gasteiger partial charge in [-0.2, -0.15) is 0 Å². The summed E-state index contributed by atoms with van der Waals surface area (Å²) in [5.74, 6) is 1.58. The number of benzene rings is 1. The summed E-state index contributed by atoms with van der Waals surface area (Å²) in [7, 11) is 3.84. The number of nitrogens with zero attached hydrogens (tertiary/aromatic N) is 3. The Kier molecular flexibility index (Phi) is 7.02. The van der Waals surface area contributed by atoms with E-state index in [1.165, 1.54) is 36.9 Å². The van der Waals surface area contributed by atoms with Gasteiger partial charge in [0.05, 0.1) is 12.3 Å². The van der Waals surface area contributed by atoms with Gasteiger partial charge in [-0.15, -0.1) is 0 Å². The average Bonchev–Trinajstić information content (AvgIpc) is 2.71. The zero-order valence-corrected chi connectivity index (χ0v) is 19.4. The van der Waals surface area contributed by atoms with Crippen molar-refractivity contribution in [3.8, 4) is 5.75 Å². The first-order valence-electron chi connectivity index (χ1n) is 11.1. The van der Waals surface area contributed by atoms with Crippen molar-refractivity contribution in [2.75, 3.05) is 19.1 Å². The van der Waals surface area contributed by atoms with Crippen molar-refractivity contribution in [2.24, 2.45) is 5.92 Å². The number of hydrogen-bond acceptors (Lipinski definition) is 5. The fourth-order valence-electron chi connectivity index (χ4n) is 4.42. The topological polar surface area (TPSA) is 58.5 Å². The molecule has 1 saturated carbocycles. The summed E-state index contributed by atoms with van der Waals surface area (Å²) < 4.78 is 5.16. The summed E-state index contributed by atoms with van der Waals surface area (Å²) in [6, 6.07) is 9.63. The highest BCUT2D eigenvalue weighted by Gasteiger charge is 2.26. The molecule has 0 aliphatic heterocycles. The molecular weight excluding hydrogens is 374 g/mol. The van der Waals surface area contributed by atoms with E-state index in [1.54, 1.807) is 7.11 Å². The maximum atomic E-state index is 10.1. The molecule has 0 atom stereocenters. The number of rotatable bonds is 6. The van der Waals surface area contributed by atoms with Crippen molar-refractivity contribution in [2.45, 2.75) is 77.9 Å². The van der Waals surface area contributed by atoms with Gasteiger partial charge in [-0.3, -0.25) is 0 Å². The fourth-order valence-corrected chi connectivity index (χ4v) is 4.42. The third kappa shape index (κ3) is 5.31. The van der Waals surface area contributed by atoms with E-state index >= 15 is 0 Å². The largest absolute Gasteiger partial charge is 0.504 e. The van der Waals surface area contributed by atoms with Gasteiger partial charge in [0.15, 0.2) is 5.75 Å². The van der Waals surface area contributed by atoms with E-state index in [2.05, 4.69) is 67.0 Å². The Labute approximate surface area is 181 Å². The monoisotopic (exact) mass is 411 g/mol. The molecule has 1 N–H and O–H groups in total. The minimum atomic E-state index is 0.156. The summed E-state index contributed by atoms with van der Waals surface area (Å²) in [4.78, 5) is 11.5. The van der Waals surface area contributed by atoms with Gasteiger partial charge in [-0.05, 0) is 61.6 Å². The van der Waals surface area contributed by atoms with E-state index in [1.807, 2.05) is 6.92 Å². The van der Waals surface area contributed by atoms with Gasteiger partial charge in [0.1, 0.15) is 11.5 Å². The first-order chi connectivity index (χ1) is 14.2. The molecule has 30 heavy (non-hydrogen) atoms. The van der Waals surface area contributed by atoms with Gasteiger partial charge in [0.25, 0.3) is 0 Å². The van der Waals surface area contributed by atoms with Crippen LogP contribution in [0.25, 0.3) is 0 Å². The number of anilines is 1. The lowest BCUT2D eigenvalue weighted by atomic mass is 9.83. The molecule has 1 aliphatic rings. The van der Waals surface area contributed by atoms with Gasteiger partial charge in [0.2, 0.25) is 0 Å². The van der Waals surface area contributed by atoms with Crippen LogP contribution in [0, 0.1) is 12.8 Å². The lowest BCUT2D eigenvalue weighted by Gasteiger charge is -2.36. The maximum absolute atomic E-state index is 10.1. The molecule has 164 valence electrons. The number of aromatic nitrogens is 2. The highest BCUT2D eigenvalue weighted by molar-refractivity contribution is 5.48. The molecule has 1 fully saturated rings. The molecule has 5 heteroatoms. The van der Waals surface area contributed by atoms with Crippen molar-refractivity contribution < 1.29 is 9.84 Å². The minimum Gasteiger partial charge on any atom is -0.504 e. The van der Waals surface area contributed by atoms with Crippen LogP contribution in [0.1, 0.15) is 69.2 Å². The van der Waals surface area contributed by atoms with Crippen LogP contribution in [0.3, 0.4) is 0 Å². The Morgan fingerprint density at radius 3 is 2.27 bits per heavy atom. The van der Waals surface area contributed by atoms with Crippen LogP contribution in [-0.2, 0) is 23.2 Å². The molecule has 0 bridgehead atoms. The smallest absolute Gasteiger partial charge is 0.160 e. The first-order valence-corrected chi connectivity index (χ1v) is 11.1. The summed E-state index contributed by atoms with van der Waals surface area (Å²) in [5.41, 5.74) is 4.09. The summed E-state index contributed by atoms with van der Waals surface area (Å²) >= 11 is 0. The Balaban J connectivity index is 1.58. The number of ether oxygens (including phenoxy) is 1. The molecule has 0 spiro atoms. The van der Waals surface area contributed by atoms with E-state index in [0.29, 0.717) is 30.0 Å². The molecule has 3 rings (SSSR count). The highest BCUT2D eigenvalue weighted by Crippen LogP contribution is 2.32. The van der Waals surface area contributed by atoms with Crippen LogP contribution in [0.4, 0.5) is 5.69 Å². The third-order valence-electron chi connectivity index (χ3n) is 6.43. The summed E-state index contributed by atoms with van der Waals surface area (Å²) in [6.45, 7) is 8.91. The second-order valence-corrected chi connectivity index (χ2v) is 9.74. The van der Waals surface area contributed by atoms with Crippen molar-refractivity contribution in [1.29, 1.82) is 0 Å². The van der Waals surface area contributed by atoms with Gasteiger partial charge < -0.3 is 14.7 Å². The second kappa shape index (κ2) is 9.34. The van der Waals surface area contributed by atoms with Crippen LogP contribution in [-0.4, -0.2) is 35.3 Å². The molecular formula is C25H37N3O2. The lowest BCUT2D eigenvalue weighted by molar-refractivity contribution is 0.177. The van der Waals surface area contributed by atoms with Crippen molar-refractivity contribution in [1.82, 2.24) is 9.97 Å². The Hall–Kier alpha value is -2.14. The van der Waals surface area contributed by atoms with Crippen molar-refractivity contribution in [3.63, 3.8) is 0 Å². The molecule has 0 radical (unpaired) electrons. The fraction of sp³-hybridized carbons (Fsp3) is 0.600. The average molecular weight is 412 g/mol. The Morgan fingerprint density at radius 1 is 1.07 bits per heavy atom. The molecule has 1 aromatic carbocycles. The molecule has 0 saturated heterocycles. The summed E-state index contributed by atoms with van der Waals surface area (Å²) in [6.07, 6.45) is 5.60. The van der Waals surface area contributed by atoms with Crippen molar-refractivity contribution in [3.05, 3.63) is 47.0 Å². The van der Waals surface area contributed by atoms with E-state index in [4.69, 9.17) is 4.74 Å². The first kappa shape index (κ1) is 22.5. The van der Waals surface area contributed by atoms with E-state index in [0.717, 1.165) is 12.2 Å². The Morgan fingerprint density at radius 2 is 1.70 bits per heavy atom. The predicted octanol–water partition coefficient (Wildman–Crippen LogP) is 5.17. The number of aryl methyl sites for hydroxylation is 1. The standard InChI is InChI=1S/C25H37N3O2/c1-17-24(29)22(16-30-6)27-23(26-17)15-18-7-11-20(12-8-18)28(5)21-13-9-19(10-14-21)25(2,3)4/h9-10,13-14,18,20,29H,7-8,11-12,15-16H2,1-6H3. The van der Waals surface area contributed by atoms with E-state index in [-0.39, 0.29) is 11.2 Å². The number of methoxy groups -OCH3 is 1. The van der Waals surface area contributed by atoms with E-state index in [9.17, 15) is 5.11 Å². The van der Waals surface area contributed by atoms with Gasteiger partial charge in [0, 0.05) is 32.3 Å². The van der Waals surface area contributed by atoms with Crippen LogP contribution < -0.4 is 4.90 Å². The molecule has 1 heterocycles. The zero-order valence-electron chi connectivity index (χ0n) is 19.4. The molecule has 0 amide bonds. The van der Waals surface area contributed by atoms with Gasteiger partial charge >= 0.3 is 0 Å². The summed E-state index contributed by atoms with van der Waals surface area (Å²) in [5, 5.41) is 10.1. The van der Waals surface area contributed by atoms with Gasteiger partial charge in [-0.25, -0.2) is 9.97 Å². The van der Waals surface area contributed by atoms with Gasteiger partial charge in [-0.1, -0.05) is 32.9 Å². The normalized spacial score (nSPS) is 19.7. The third-order valence-corrected chi connectivity index (χ3v) is 6.43. The number of hydrogen-bond donors (Lipinski definition) is 1. The predicted molar refractivity (Wildman–Crippen MR) is 122 cm³/mol. The lowest BCUT2D eigenvalue weighted by Crippen LogP contribution is -2.35. The molecule has 1 aromatic heterocycles. The van der Waals surface area contributed by atoms with Crippen LogP contribution in [0.5, 0.6) is 5.75 Å². The van der Waals surface area contributed by atoms with Crippen LogP contribution in [0.15, 0.2) is 24.3 Å². The van der Waals surface area contributed by atoms with Crippen molar-refractivity contribution >= 4 is 5.69 Å². The quantitative estimate of drug-likeness (QED) is 0.710.